The van der Waals surface area contributed by atoms with Crippen molar-refractivity contribution in [2.45, 2.75) is 167 Å². The molecule has 4 heteroatoms. The molecule has 36 heavy (non-hydrogen) atoms. The minimum absolute atomic E-state index is 0.0547. The van der Waals surface area contributed by atoms with Gasteiger partial charge in [-0.05, 0) is 64.2 Å². The number of aliphatic hydroxyl groups is 2. The van der Waals surface area contributed by atoms with Gasteiger partial charge in [0.1, 0.15) is 0 Å². The average Bonchev–Trinajstić information content (AvgIpc) is 2.88. The zero-order valence-electron chi connectivity index (χ0n) is 24.0. The lowest BCUT2D eigenvalue weighted by Crippen LogP contribution is -2.45. The molecule has 0 rings (SSSR count). The van der Waals surface area contributed by atoms with E-state index < -0.39 is 12.1 Å². The largest absolute Gasteiger partial charge is 0.394 e. The fourth-order valence-electron chi connectivity index (χ4n) is 4.46. The van der Waals surface area contributed by atoms with Crippen molar-refractivity contribution in [3.63, 3.8) is 0 Å². The van der Waals surface area contributed by atoms with E-state index in [-0.39, 0.29) is 12.5 Å². The first kappa shape index (κ1) is 34.9. The summed E-state index contributed by atoms with van der Waals surface area (Å²) in [4.78, 5) is 12.2. The fourth-order valence-corrected chi connectivity index (χ4v) is 4.46. The first-order valence-electron chi connectivity index (χ1n) is 15.5. The predicted molar refractivity (Wildman–Crippen MR) is 156 cm³/mol. The number of amides is 1. The monoisotopic (exact) mass is 507 g/mol. The van der Waals surface area contributed by atoms with Crippen LogP contribution in [0.4, 0.5) is 0 Å². The van der Waals surface area contributed by atoms with E-state index in [1.54, 1.807) is 0 Å². The van der Waals surface area contributed by atoms with Crippen molar-refractivity contribution in [3.8, 4) is 0 Å². The summed E-state index contributed by atoms with van der Waals surface area (Å²) in [6.07, 6.45) is 33.6. The van der Waals surface area contributed by atoms with Gasteiger partial charge in [0.2, 0.25) is 5.91 Å². The highest BCUT2D eigenvalue weighted by atomic mass is 16.3. The van der Waals surface area contributed by atoms with E-state index in [1.807, 2.05) is 0 Å². The molecule has 0 bridgehead atoms. The molecule has 0 aliphatic heterocycles. The maximum absolute atomic E-state index is 12.2. The summed E-state index contributed by atoms with van der Waals surface area (Å²) < 4.78 is 0. The molecule has 0 aliphatic carbocycles. The van der Waals surface area contributed by atoms with Gasteiger partial charge >= 0.3 is 0 Å². The highest BCUT2D eigenvalue weighted by molar-refractivity contribution is 5.76. The summed E-state index contributed by atoms with van der Waals surface area (Å²) >= 11 is 0. The van der Waals surface area contributed by atoms with Crippen LogP contribution >= 0.6 is 0 Å². The number of rotatable bonds is 27. The smallest absolute Gasteiger partial charge is 0.220 e. The van der Waals surface area contributed by atoms with Crippen LogP contribution in [-0.2, 0) is 4.79 Å². The van der Waals surface area contributed by atoms with E-state index in [2.05, 4.69) is 43.5 Å². The van der Waals surface area contributed by atoms with Crippen molar-refractivity contribution in [2.75, 3.05) is 6.61 Å². The highest BCUT2D eigenvalue weighted by Gasteiger charge is 2.19. The summed E-state index contributed by atoms with van der Waals surface area (Å²) in [5.41, 5.74) is 0. The lowest BCUT2D eigenvalue weighted by Gasteiger charge is -2.22. The summed E-state index contributed by atoms with van der Waals surface area (Å²) in [6.45, 7) is 4.28. The molecule has 0 fully saturated rings. The third-order valence-electron chi connectivity index (χ3n) is 6.93. The number of allylic oxidation sites excluding steroid dienone is 4. The van der Waals surface area contributed by atoms with Crippen LogP contribution in [0.5, 0.6) is 0 Å². The molecule has 1 amide bonds. The first-order chi connectivity index (χ1) is 17.7. The molecule has 0 saturated carbocycles. The SMILES string of the molecule is CCCCCC/C=C/CCCC[C@@H](O)[C@H](CO)NC(=O)CCCCCCC/C=C/CCCCCCC. The summed E-state index contributed by atoms with van der Waals surface area (Å²) in [6, 6.07) is -0.551. The quantitative estimate of drug-likeness (QED) is 0.0770. The second-order valence-corrected chi connectivity index (χ2v) is 10.5. The van der Waals surface area contributed by atoms with Gasteiger partial charge in [0.25, 0.3) is 0 Å². The Hall–Kier alpha value is -1.13. The second-order valence-electron chi connectivity index (χ2n) is 10.5. The van der Waals surface area contributed by atoms with Crippen LogP contribution in [0.25, 0.3) is 0 Å². The molecule has 2 atom stereocenters. The van der Waals surface area contributed by atoms with Crippen LogP contribution in [0.3, 0.4) is 0 Å². The predicted octanol–water partition coefficient (Wildman–Crippen LogP) is 8.56. The van der Waals surface area contributed by atoms with E-state index in [4.69, 9.17) is 0 Å². The number of hydrogen-bond donors (Lipinski definition) is 3. The summed E-state index contributed by atoms with van der Waals surface area (Å²) in [5, 5.41) is 22.8. The van der Waals surface area contributed by atoms with Gasteiger partial charge < -0.3 is 15.5 Å². The van der Waals surface area contributed by atoms with Crippen molar-refractivity contribution in [2.24, 2.45) is 0 Å². The third-order valence-corrected chi connectivity index (χ3v) is 6.93. The van der Waals surface area contributed by atoms with E-state index in [9.17, 15) is 15.0 Å². The van der Waals surface area contributed by atoms with Gasteiger partial charge in [-0.15, -0.1) is 0 Å². The molecule has 0 aromatic carbocycles. The van der Waals surface area contributed by atoms with Crippen molar-refractivity contribution in [1.82, 2.24) is 5.32 Å². The number of nitrogens with one attached hydrogen (secondary N) is 1. The Morgan fingerprint density at radius 1 is 0.639 bits per heavy atom. The molecular weight excluding hydrogens is 446 g/mol. The maximum atomic E-state index is 12.2. The third kappa shape index (κ3) is 24.6. The van der Waals surface area contributed by atoms with Crippen molar-refractivity contribution in [3.05, 3.63) is 24.3 Å². The topological polar surface area (TPSA) is 69.6 Å². The first-order valence-corrected chi connectivity index (χ1v) is 15.5. The van der Waals surface area contributed by atoms with Crippen LogP contribution in [0, 0.1) is 0 Å². The van der Waals surface area contributed by atoms with E-state index >= 15 is 0 Å². The van der Waals surface area contributed by atoms with Crippen LogP contribution in [0.15, 0.2) is 24.3 Å². The van der Waals surface area contributed by atoms with Gasteiger partial charge in [0.15, 0.2) is 0 Å². The minimum atomic E-state index is -0.679. The zero-order chi connectivity index (χ0) is 26.5. The molecule has 0 radical (unpaired) electrons. The van der Waals surface area contributed by atoms with Gasteiger partial charge in [-0.3, -0.25) is 4.79 Å². The molecule has 0 spiro atoms. The summed E-state index contributed by atoms with van der Waals surface area (Å²) in [5.74, 6) is -0.0547. The zero-order valence-corrected chi connectivity index (χ0v) is 24.0. The van der Waals surface area contributed by atoms with Crippen LogP contribution < -0.4 is 5.32 Å². The Morgan fingerprint density at radius 3 is 1.56 bits per heavy atom. The molecule has 0 unspecified atom stereocenters. The van der Waals surface area contributed by atoms with Crippen LogP contribution in [-0.4, -0.2) is 34.9 Å². The number of hydrogen-bond acceptors (Lipinski definition) is 3. The molecule has 3 N–H and O–H groups in total. The van der Waals surface area contributed by atoms with Crippen LogP contribution in [0.1, 0.15) is 155 Å². The van der Waals surface area contributed by atoms with E-state index in [0.717, 1.165) is 44.9 Å². The number of unbranched alkanes of at least 4 members (excludes halogenated alkanes) is 16. The Kier molecular flexibility index (Phi) is 27.5. The van der Waals surface area contributed by atoms with Crippen molar-refractivity contribution < 1.29 is 15.0 Å². The number of carbonyl (C=O) groups is 1. The highest BCUT2D eigenvalue weighted by Crippen LogP contribution is 2.11. The van der Waals surface area contributed by atoms with Gasteiger partial charge in [-0.1, -0.05) is 109 Å². The second kappa shape index (κ2) is 28.4. The Balaban J connectivity index is 3.66. The standard InChI is InChI=1S/C32H61NO3/c1-3-5-7-9-11-13-15-16-17-18-20-22-24-26-28-32(36)33-30(29-34)31(35)27-25-23-21-19-14-12-10-8-6-4-2/h14-16,19,30-31,34-35H,3-13,17-18,20-29H2,1-2H3,(H,33,36)/b16-15+,19-14+/t30-,31+/m0/s1. The Morgan fingerprint density at radius 2 is 1.06 bits per heavy atom. The van der Waals surface area contributed by atoms with Crippen molar-refractivity contribution in [1.29, 1.82) is 0 Å². The lowest BCUT2D eigenvalue weighted by atomic mass is 10.0. The summed E-state index contributed by atoms with van der Waals surface area (Å²) in [7, 11) is 0. The average molecular weight is 508 g/mol. The normalized spacial score (nSPS) is 13.6. The van der Waals surface area contributed by atoms with Crippen molar-refractivity contribution >= 4 is 5.91 Å². The minimum Gasteiger partial charge on any atom is -0.394 e. The fraction of sp³-hybridized carbons (Fsp3) is 0.844. The lowest BCUT2D eigenvalue weighted by molar-refractivity contribution is -0.123. The molecular formula is C32H61NO3. The number of carbonyl (C=O) groups excluding carboxylic acids is 1. The molecule has 0 saturated heterocycles. The molecule has 0 aromatic heterocycles. The molecule has 4 nitrogen and oxygen atoms in total. The number of aliphatic hydroxyl groups excluding tert-OH is 2. The molecule has 0 aromatic rings. The molecule has 0 aliphatic rings. The molecule has 0 heterocycles. The Labute approximate surface area is 224 Å². The maximum Gasteiger partial charge on any atom is 0.220 e. The molecule has 212 valence electrons. The van der Waals surface area contributed by atoms with Crippen LogP contribution in [0.2, 0.25) is 0 Å². The van der Waals surface area contributed by atoms with Gasteiger partial charge in [0.05, 0.1) is 18.8 Å². The van der Waals surface area contributed by atoms with Gasteiger partial charge in [0, 0.05) is 6.42 Å². The van der Waals surface area contributed by atoms with Gasteiger partial charge in [-0.2, -0.15) is 0 Å². The van der Waals surface area contributed by atoms with E-state index in [0.29, 0.717) is 12.8 Å². The van der Waals surface area contributed by atoms with Gasteiger partial charge in [-0.25, -0.2) is 0 Å². The Bertz CT molecular complexity index is 518. The van der Waals surface area contributed by atoms with E-state index in [1.165, 1.54) is 83.5 Å².